The minimum absolute atomic E-state index is 0.149. The predicted octanol–water partition coefficient (Wildman–Crippen LogP) is 2.56. The van der Waals surface area contributed by atoms with E-state index in [4.69, 9.17) is 4.74 Å². The van der Waals surface area contributed by atoms with Gasteiger partial charge in [-0.2, -0.15) is 0 Å². The van der Waals surface area contributed by atoms with Gasteiger partial charge in [0.05, 0.1) is 13.4 Å². The number of imidazole rings is 1. The van der Waals surface area contributed by atoms with Crippen LogP contribution in [0.15, 0.2) is 43.0 Å². The molecule has 0 bridgehead atoms. The summed E-state index contributed by atoms with van der Waals surface area (Å²) in [6.07, 6.45) is 6.30. The van der Waals surface area contributed by atoms with Crippen LogP contribution in [-0.2, 0) is 12.0 Å². The summed E-state index contributed by atoms with van der Waals surface area (Å²) in [5, 5.41) is 5.82. The summed E-state index contributed by atoms with van der Waals surface area (Å²) in [4.78, 5) is 16.0. The van der Waals surface area contributed by atoms with Gasteiger partial charge in [0.25, 0.3) is 0 Å². The molecule has 6 nitrogen and oxygen atoms in total. The van der Waals surface area contributed by atoms with Crippen molar-refractivity contribution in [3.8, 4) is 5.75 Å². The highest BCUT2D eigenvalue weighted by molar-refractivity contribution is 5.73. The molecule has 0 aliphatic heterocycles. The molecule has 0 fully saturated rings. The van der Waals surface area contributed by atoms with E-state index in [2.05, 4.69) is 29.5 Å². The highest BCUT2D eigenvalue weighted by atomic mass is 16.5. The number of rotatable bonds is 8. The number of amides is 2. The van der Waals surface area contributed by atoms with E-state index in [9.17, 15) is 4.79 Å². The molecule has 0 saturated heterocycles. The van der Waals surface area contributed by atoms with Gasteiger partial charge in [-0.05, 0) is 12.5 Å². The molecular formula is C18H26N4O2. The Labute approximate surface area is 143 Å². The summed E-state index contributed by atoms with van der Waals surface area (Å²) < 4.78 is 7.41. The molecule has 6 heteroatoms. The van der Waals surface area contributed by atoms with Gasteiger partial charge in [-0.15, -0.1) is 0 Å². The van der Waals surface area contributed by atoms with Crippen molar-refractivity contribution < 1.29 is 9.53 Å². The van der Waals surface area contributed by atoms with Gasteiger partial charge in [0.2, 0.25) is 0 Å². The molecule has 1 aromatic heterocycles. The lowest BCUT2D eigenvalue weighted by atomic mass is 9.84. The summed E-state index contributed by atoms with van der Waals surface area (Å²) in [6, 6.07) is 7.74. The van der Waals surface area contributed by atoms with E-state index in [1.165, 1.54) is 0 Å². The summed E-state index contributed by atoms with van der Waals surface area (Å²) >= 11 is 0. The lowest BCUT2D eigenvalue weighted by molar-refractivity contribution is 0.238. The van der Waals surface area contributed by atoms with Crippen molar-refractivity contribution in [1.29, 1.82) is 0 Å². The van der Waals surface area contributed by atoms with E-state index < -0.39 is 0 Å². The molecule has 130 valence electrons. The highest BCUT2D eigenvalue weighted by Crippen LogP contribution is 2.30. The van der Waals surface area contributed by atoms with Crippen molar-refractivity contribution >= 4 is 6.03 Å². The predicted molar refractivity (Wildman–Crippen MR) is 94.3 cm³/mol. The molecule has 0 radical (unpaired) electrons. The van der Waals surface area contributed by atoms with E-state index >= 15 is 0 Å². The van der Waals surface area contributed by atoms with Crippen LogP contribution in [0.2, 0.25) is 0 Å². The number of nitrogens with zero attached hydrogens (tertiary/aromatic N) is 2. The normalized spacial score (nSPS) is 11.1. The fourth-order valence-electron chi connectivity index (χ4n) is 2.55. The Bertz CT molecular complexity index is 638. The van der Waals surface area contributed by atoms with Crippen LogP contribution in [0, 0.1) is 0 Å². The number of benzene rings is 1. The first-order valence-corrected chi connectivity index (χ1v) is 8.14. The number of urea groups is 1. The van der Waals surface area contributed by atoms with Crippen LogP contribution in [0.3, 0.4) is 0 Å². The Kier molecular flexibility index (Phi) is 6.23. The molecule has 0 atom stereocenters. The van der Waals surface area contributed by atoms with Crippen LogP contribution in [-0.4, -0.2) is 35.8 Å². The van der Waals surface area contributed by atoms with Gasteiger partial charge in [-0.3, -0.25) is 0 Å². The zero-order valence-electron chi connectivity index (χ0n) is 14.6. The van der Waals surface area contributed by atoms with Gasteiger partial charge in [0.15, 0.2) is 0 Å². The first-order chi connectivity index (χ1) is 11.5. The minimum atomic E-state index is -0.221. The van der Waals surface area contributed by atoms with Crippen LogP contribution < -0.4 is 15.4 Å². The van der Waals surface area contributed by atoms with E-state index in [1.54, 1.807) is 19.6 Å². The van der Waals surface area contributed by atoms with Gasteiger partial charge in [-0.1, -0.05) is 32.0 Å². The summed E-state index contributed by atoms with van der Waals surface area (Å²) in [5.74, 6) is 0.838. The van der Waals surface area contributed by atoms with Crippen LogP contribution in [0.25, 0.3) is 0 Å². The second-order valence-corrected chi connectivity index (χ2v) is 6.35. The smallest absolute Gasteiger partial charge is 0.314 e. The highest BCUT2D eigenvalue weighted by Gasteiger charge is 2.24. The maximum Gasteiger partial charge on any atom is 0.314 e. The van der Waals surface area contributed by atoms with Gasteiger partial charge >= 0.3 is 6.03 Å². The molecule has 0 unspecified atom stereocenters. The number of hydrogen-bond donors (Lipinski definition) is 2. The van der Waals surface area contributed by atoms with E-state index in [0.29, 0.717) is 13.1 Å². The maximum atomic E-state index is 12.0. The molecular weight excluding hydrogens is 304 g/mol. The quantitative estimate of drug-likeness (QED) is 0.731. The molecule has 2 rings (SSSR count). The summed E-state index contributed by atoms with van der Waals surface area (Å²) in [6.45, 7) is 6.17. The van der Waals surface area contributed by atoms with Gasteiger partial charge in [0.1, 0.15) is 5.75 Å². The van der Waals surface area contributed by atoms with Crippen LogP contribution >= 0.6 is 0 Å². The first kappa shape index (κ1) is 17.8. The molecule has 2 amide bonds. The molecule has 1 aromatic carbocycles. The number of carbonyl (C=O) groups excluding carboxylic acids is 1. The van der Waals surface area contributed by atoms with Crippen molar-refractivity contribution in [2.75, 3.05) is 20.2 Å². The summed E-state index contributed by atoms with van der Waals surface area (Å²) in [7, 11) is 1.66. The largest absolute Gasteiger partial charge is 0.496 e. The Morgan fingerprint density at radius 3 is 2.79 bits per heavy atom. The molecule has 0 saturated carbocycles. The monoisotopic (exact) mass is 330 g/mol. The van der Waals surface area contributed by atoms with E-state index in [-0.39, 0.29) is 11.4 Å². The SMILES string of the molecule is COc1ccccc1C(C)(C)CNC(=O)NCCCn1ccnc1. The van der Waals surface area contributed by atoms with Gasteiger partial charge in [0, 0.05) is 43.0 Å². The zero-order valence-corrected chi connectivity index (χ0v) is 14.6. The lowest BCUT2D eigenvalue weighted by Gasteiger charge is -2.27. The molecule has 2 aromatic rings. The van der Waals surface area contributed by atoms with E-state index in [1.807, 2.05) is 35.0 Å². The van der Waals surface area contributed by atoms with Crippen molar-refractivity contribution in [3.63, 3.8) is 0 Å². The number of aryl methyl sites for hydroxylation is 1. The van der Waals surface area contributed by atoms with Crippen LogP contribution in [0.1, 0.15) is 25.8 Å². The molecule has 0 aliphatic rings. The molecule has 2 N–H and O–H groups in total. The van der Waals surface area contributed by atoms with E-state index in [0.717, 1.165) is 24.3 Å². The Hall–Kier alpha value is -2.50. The number of ether oxygens (including phenoxy) is 1. The number of methoxy groups -OCH3 is 1. The molecule has 0 spiro atoms. The third kappa shape index (κ3) is 5.01. The third-order valence-corrected chi connectivity index (χ3v) is 3.96. The number of hydrogen-bond acceptors (Lipinski definition) is 3. The number of para-hydroxylation sites is 1. The second-order valence-electron chi connectivity index (χ2n) is 6.35. The number of carbonyl (C=O) groups is 1. The third-order valence-electron chi connectivity index (χ3n) is 3.96. The van der Waals surface area contributed by atoms with Crippen molar-refractivity contribution in [2.45, 2.75) is 32.2 Å². The fraction of sp³-hybridized carbons (Fsp3) is 0.444. The van der Waals surface area contributed by atoms with Gasteiger partial charge in [-0.25, -0.2) is 9.78 Å². The average Bonchev–Trinajstić information content (AvgIpc) is 3.10. The Morgan fingerprint density at radius 1 is 1.29 bits per heavy atom. The zero-order chi connectivity index (χ0) is 17.4. The minimum Gasteiger partial charge on any atom is -0.496 e. The van der Waals surface area contributed by atoms with Crippen molar-refractivity contribution in [3.05, 3.63) is 48.5 Å². The average molecular weight is 330 g/mol. The first-order valence-electron chi connectivity index (χ1n) is 8.14. The topological polar surface area (TPSA) is 68.2 Å². The molecule has 0 aliphatic carbocycles. The fourth-order valence-corrected chi connectivity index (χ4v) is 2.55. The van der Waals surface area contributed by atoms with Gasteiger partial charge < -0.3 is 19.9 Å². The lowest BCUT2D eigenvalue weighted by Crippen LogP contribution is -2.42. The number of nitrogens with one attached hydrogen (secondary N) is 2. The molecule has 24 heavy (non-hydrogen) atoms. The van der Waals surface area contributed by atoms with Crippen LogP contribution in [0.4, 0.5) is 4.79 Å². The Balaban J connectivity index is 1.75. The molecule has 1 heterocycles. The standard InChI is InChI=1S/C18H26N4O2/c1-18(2,15-7-4-5-8-16(15)24-3)13-21-17(23)20-9-6-11-22-12-10-19-14-22/h4-5,7-8,10,12,14H,6,9,11,13H2,1-3H3,(H2,20,21,23). The van der Waals surface area contributed by atoms with Crippen molar-refractivity contribution in [1.82, 2.24) is 20.2 Å². The Morgan fingerprint density at radius 2 is 2.08 bits per heavy atom. The summed E-state index contributed by atoms with van der Waals surface area (Å²) in [5.41, 5.74) is 0.855. The maximum absolute atomic E-state index is 12.0. The van der Waals surface area contributed by atoms with Crippen LogP contribution in [0.5, 0.6) is 5.75 Å². The second kappa shape index (κ2) is 8.38. The van der Waals surface area contributed by atoms with Crippen molar-refractivity contribution in [2.24, 2.45) is 0 Å². The number of aromatic nitrogens is 2.